The summed E-state index contributed by atoms with van der Waals surface area (Å²) in [7, 11) is 3.39. The van der Waals surface area contributed by atoms with E-state index in [1.165, 1.54) is 11.1 Å². The molecule has 0 atom stereocenters. The Balaban J connectivity index is 0.00000320. The number of ether oxygens (including phenoxy) is 2. The summed E-state index contributed by atoms with van der Waals surface area (Å²) in [5.74, 6) is 2.70. The van der Waals surface area contributed by atoms with Crippen LogP contribution in [0.1, 0.15) is 16.7 Å². The Kier molecular flexibility index (Phi) is 9.40. The highest BCUT2D eigenvalue weighted by Gasteiger charge is 2.03. The third-order valence-electron chi connectivity index (χ3n) is 4.45. The number of aromatic nitrogens is 1. The monoisotopic (exact) mass is 518 g/mol. The van der Waals surface area contributed by atoms with Gasteiger partial charge in [0.25, 0.3) is 0 Å². The van der Waals surface area contributed by atoms with E-state index in [1.54, 1.807) is 20.4 Å². The van der Waals surface area contributed by atoms with Crippen molar-refractivity contribution in [2.24, 2.45) is 4.99 Å². The van der Waals surface area contributed by atoms with Gasteiger partial charge in [-0.05, 0) is 35.7 Å². The van der Waals surface area contributed by atoms with Crippen molar-refractivity contribution in [3.05, 3.63) is 83.6 Å². The van der Waals surface area contributed by atoms with Gasteiger partial charge in [0.15, 0.2) is 5.96 Å². The second-order valence-corrected chi connectivity index (χ2v) is 6.49. The van der Waals surface area contributed by atoms with E-state index < -0.39 is 0 Å². The van der Waals surface area contributed by atoms with E-state index in [9.17, 15) is 0 Å². The van der Waals surface area contributed by atoms with Crippen molar-refractivity contribution in [1.29, 1.82) is 0 Å². The van der Waals surface area contributed by atoms with Crippen molar-refractivity contribution < 1.29 is 9.47 Å². The lowest BCUT2D eigenvalue weighted by Crippen LogP contribution is -2.36. The molecule has 3 rings (SSSR count). The number of halogens is 1. The van der Waals surface area contributed by atoms with Crippen LogP contribution in [0.3, 0.4) is 0 Å². The first kappa shape index (κ1) is 23.5. The Hall–Kier alpha value is -2.81. The molecule has 30 heavy (non-hydrogen) atoms. The average molecular weight is 518 g/mol. The minimum Gasteiger partial charge on any atom is -0.497 e. The summed E-state index contributed by atoms with van der Waals surface area (Å²) in [5.41, 5.74) is 3.53. The van der Waals surface area contributed by atoms with Crippen LogP contribution in [0.2, 0.25) is 0 Å². The van der Waals surface area contributed by atoms with Crippen molar-refractivity contribution >= 4 is 29.9 Å². The average Bonchev–Trinajstić information content (AvgIpc) is 2.76. The summed E-state index contributed by atoms with van der Waals surface area (Å²) < 4.78 is 11.0. The number of hydrogen-bond donors (Lipinski definition) is 2. The maximum atomic E-state index is 5.77. The SMILES string of the molecule is CN=C(NCc1ccc(Oc2cccc(OC)c2)nc1)NCc1ccccc1C.I. The van der Waals surface area contributed by atoms with Crippen molar-refractivity contribution in [1.82, 2.24) is 15.6 Å². The van der Waals surface area contributed by atoms with Crippen molar-refractivity contribution in [2.75, 3.05) is 14.2 Å². The van der Waals surface area contributed by atoms with E-state index in [0.717, 1.165) is 23.8 Å². The minimum atomic E-state index is 0. The molecule has 158 valence electrons. The molecule has 0 aliphatic rings. The van der Waals surface area contributed by atoms with E-state index in [-0.39, 0.29) is 24.0 Å². The molecule has 0 saturated heterocycles. The van der Waals surface area contributed by atoms with Crippen LogP contribution >= 0.6 is 24.0 Å². The molecule has 0 aliphatic carbocycles. The van der Waals surface area contributed by atoms with E-state index in [4.69, 9.17) is 9.47 Å². The summed E-state index contributed by atoms with van der Waals surface area (Å²) in [6.07, 6.45) is 1.79. The van der Waals surface area contributed by atoms with Crippen LogP contribution < -0.4 is 20.1 Å². The number of guanidine groups is 1. The van der Waals surface area contributed by atoms with Gasteiger partial charge in [-0.1, -0.05) is 36.4 Å². The number of methoxy groups -OCH3 is 1. The molecule has 0 unspecified atom stereocenters. The number of aryl methyl sites for hydroxylation is 1. The van der Waals surface area contributed by atoms with Crippen LogP contribution in [-0.2, 0) is 13.1 Å². The molecule has 0 bridgehead atoms. The van der Waals surface area contributed by atoms with E-state index in [0.29, 0.717) is 18.2 Å². The van der Waals surface area contributed by atoms with Crippen LogP contribution in [0.15, 0.2) is 71.9 Å². The zero-order chi connectivity index (χ0) is 20.5. The number of rotatable bonds is 7. The van der Waals surface area contributed by atoms with Gasteiger partial charge in [-0.15, -0.1) is 24.0 Å². The number of aliphatic imine (C=N–C) groups is 1. The maximum Gasteiger partial charge on any atom is 0.219 e. The Morgan fingerprint density at radius 2 is 1.73 bits per heavy atom. The largest absolute Gasteiger partial charge is 0.497 e. The highest BCUT2D eigenvalue weighted by Crippen LogP contribution is 2.23. The van der Waals surface area contributed by atoms with Gasteiger partial charge in [0.05, 0.1) is 7.11 Å². The minimum absolute atomic E-state index is 0. The van der Waals surface area contributed by atoms with Gasteiger partial charge >= 0.3 is 0 Å². The Morgan fingerprint density at radius 1 is 0.967 bits per heavy atom. The van der Waals surface area contributed by atoms with Crippen LogP contribution in [0.25, 0.3) is 0 Å². The number of benzene rings is 2. The zero-order valence-electron chi connectivity index (χ0n) is 17.4. The summed E-state index contributed by atoms with van der Waals surface area (Å²) in [5, 5.41) is 6.63. The normalized spacial score (nSPS) is 10.7. The Labute approximate surface area is 194 Å². The van der Waals surface area contributed by atoms with Crippen LogP contribution in [0.4, 0.5) is 0 Å². The predicted molar refractivity (Wildman–Crippen MR) is 131 cm³/mol. The van der Waals surface area contributed by atoms with Gasteiger partial charge in [0.1, 0.15) is 11.5 Å². The van der Waals surface area contributed by atoms with E-state index >= 15 is 0 Å². The summed E-state index contributed by atoms with van der Waals surface area (Å²) in [4.78, 5) is 8.65. The topological polar surface area (TPSA) is 67.8 Å². The van der Waals surface area contributed by atoms with Crippen LogP contribution in [0, 0.1) is 6.92 Å². The smallest absolute Gasteiger partial charge is 0.219 e. The molecule has 1 aromatic heterocycles. The molecule has 3 aromatic rings. The van der Waals surface area contributed by atoms with Gasteiger partial charge in [0.2, 0.25) is 5.88 Å². The van der Waals surface area contributed by atoms with E-state index in [2.05, 4.69) is 39.7 Å². The molecular formula is C23H27IN4O2. The lowest BCUT2D eigenvalue weighted by atomic mass is 10.1. The molecule has 2 aromatic carbocycles. The second-order valence-electron chi connectivity index (χ2n) is 6.49. The molecule has 0 fully saturated rings. The first-order chi connectivity index (χ1) is 14.2. The molecule has 7 heteroatoms. The van der Waals surface area contributed by atoms with Gasteiger partial charge in [-0.3, -0.25) is 4.99 Å². The summed E-state index contributed by atoms with van der Waals surface area (Å²) >= 11 is 0. The van der Waals surface area contributed by atoms with Crippen LogP contribution in [0.5, 0.6) is 17.4 Å². The Morgan fingerprint density at radius 3 is 2.43 bits per heavy atom. The number of nitrogens with one attached hydrogen (secondary N) is 2. The highest BCUT2D eigenvalue weighted by atomic mass is 127. The van der Waals surface area contributed by atoms with Gasteiger partial charge in [-0.2, -0.15) is 0 Å². The lowest BCUT2D eigenvalue weighted by Gasteiger charge is -2.13. The van der Waals surface area contributed by atoms with Gasteiger partial charge in [-0.25, -0.2) is 4.98 Å². The quantitative estimate of drug-likeness (QED) is 0.270. The van der Waals surface area contributed by atoms with Crippen molar-refractivity contribution in [3.63, 3.8) is 0 Å². The van der Waals surface area contributed by atoms with Crippen LogP contribution in [-0.4, -0.2) is 25.1 Å². The van der Waals surface area contributed by atoms with Crippen molar-refractivity contribution in [2.45, 2.75) is 20.0 Å². The zero-order valence-corrected chi connectivity index (χ0v) is 19.7. The summed E-state index contributed by atoms with van der Waals surface area (Å²) in [6.45, 7) is 3.44. The molecule has 1 heterocycles. The molecule has 0 amide bonds. The highest BCUT2D eigenvalue weighted by molar-refractivity contribution is 14.0. The first-order valence-corrected chi connectivity index (χ1v) is 9.44. The van der Waals surface area contributed by atoms with Crippen molar-refractivity contribution in [3.8, 4) is 17.4 Å². The number of pyridine rings is 1. The third-order valence-corrected chi connectivity index (χ3v) is 4.45. The van der Waals surface area contributed by atoms with Gasteiger partial charge in [0, 0.05) is 38.5 Å². The molecular weight excluding hydrogens is 491 g/mol. The Bertz CT molecular complexity index is 961. The maximum absolute atomic E-state index is 5.77. The van der Waals surface area contributed by atoms with Gasteiger partial charge < -0.3 is 20.1 Å². The fourth-order valence-electron chi connectivity index (χ4n) is 2.76. The number of hydrogen-bond acceptors (Lipinski definition) is 4. The molecule has 0 aliphatic heterocycles. The molecule has 0 saturated carbocycles. The first-order valence-electron chi connectivity index (χ1n) is 9.44. The molecule has 0 radical (unpaired) electrons. The fourth-order valence-corrected chi connectivity index (χ4v) is 2.76. The lowest BCUT2D eigenvalue weighted by molar-refractivity contribution is 0.407. The molecule has 2 N–H and O–H groups in total. The fraction of sp³-hybridized carbons (Fsp3) is 0.217. The molecule has 6 nitrogen and oxygen atoms in total. The number of nitrogens with zero attached hydrogens (tertiary/aromatic N) is 2. The summed E-state index contributed by atoms with van der Waals surface area (Å²) in [6, 6.07) is 19.6. The molecule has 0 spiro atoms. The van der Waals surface area contributed by atoms with E-state index in [1.807, 2.05) is 48.5 Å². The second kappa shape index (κ2) is 12.0. The predicted octanol–water partition coefficient (Wildman–Crippen LogP) is 4.67. The third kappa shape index (κ3) is 6.91. The standard InChI is InChI=1S/C23H26N4O2.HI/c1-17-7-4-5-8-19(17)16-27-23(24-2)26-15-18-11-12-22(25-14-18)29-21-10-6-9-20(13-21)28-3;/h4-14H,15-16H2,1-3H3,(H2,24,26,27);1H.